The Bertz CT molecular complexity index is 661. The van der Waals surface area contributed by atoms with Crippen LogP contribution in [0.15, 0.2) is 24.3 Å². The molecule has 1 aliphatic carbocycles. The number of para-hydroxylation sites is 1. The first kappa shape index (κ1) is 14.4. The number of hydrogen-bond acceptors (Lipinski definition) is 3. The molecule has 1 fully saturated rings. The third-order valence-corrected chi connectivity index (χ3v) is 5.46. The third kappa shape index (κ3) is 3.07. The zero-order valence-corrected chi connectivity index (χ0v) is 13.0. The van der Waals surface area contributed by atoms with Crippen molar-refractivity contribution in [1.82, 2.24) is 9.78 Å². The highest BCUT2D eigenvalue weighted by molar-refractivity contribution is 7.98. The van der Waals surface area contributed by atoms with Gasteiger partial charge in [0.15, 0.2) is 0 Å². The van der Waals surface area contributed by atoms with E-state index in [0.717, 1.165) is 36.6 Å². The van der Waals surface area contributed by atoms with Crippen molar-refractivity contribution >= 4 is 28.6 Å². The number of aliphatic carboxylic acids is 1. The summed E-state index contributed by atoms with van der Waals surface area (Å²) < 4.78 is 2.04. The number of fused-ring (bicyclic) bond motifs is 1. The Morgan fingerprint density at radius 3 is 2.86 bits per heavy atom. The molecular weight excluding hydrogens is 284 g/mol. The molecule has 21 heavy (non-hydrogen) atoms. The number of aryl methyl sites for hydroxylation is 1. The summed E-state index contributed by atoms with van der Waals surface area (Å²) in [6.07, 6.45) is 2.41. The molecular formula is C16H20N2O2S. The predicted molar refractivity (Wildman–Crippen MR) is 85.5 cm³/mol. The normalized spacial score (nSPS) is 16.2. The molecule has 0 radical (unpaired) electrons. The number of nitrogens with zero attached hydrogens (tertiary/aromatic N) is 2. The standard InChI is InChI=1S/C16H20N2O2S/c1-2-18-14-6-4-3-5-12(14)13(17-18)10-21-11-16(7-8-16)9-15(19)20/h3-6H,2,7-11H2,1H3,(H,19,20). The maximum atomic E-state index is 10.9. The van der Waals surface area contributed by atoms with Gasteiger partial charge in [0, 0.05) is 17.7 Å². The van der Waals surface area contributed by atoms with Crippen LogP contribution in [0.4, 0.5) is 0 Å². The van der Waals surface area contributed by atoms with Crippen LogP contribution in [0.1, 0.15) is 31.9 Å². The van der Waals surface area contributed by atoms with Gasteiger partial charge in [-0.15, -0.1) is 0 Å². The summed E-state index contributed by atoms with van der Waals surface area (Å²) in [5.41, 5.74) is 2.35. The maximum absolute atomic E-state index is 10.9. The Hall–Kier alpha value is -1.49. The van der Waals surface area contributed by atoms with E-state index >= 15 is 0 Å². The Balaban J connectivity index is 1.67. The lowest BCUT2D eigenvalue weighted by Crippen LogP contribution is -2.11. The SMILES string of the molecule is CCn1nc(CSCC2(CC(=O)O)CC2)c2ccccc21. The molecule has 0 atom stereocenters. The van der Waals surface area contributed by atoms with Crippen molar-refractivity contribution in [2.75, 3.05) is 5.75 Å². The minimum Gasteiger partial charge on any atom is -0.481 e. The van der Waals surface area contributed by atoms with Gasteiger partial charge in [0.2, 0.25) is 0 Å². The molecule has 1 aliphatic rings. The largest absolute Gasteiger partial charge is 0.481 e. The van der Waals surface area contributed by atoms with Gasteiger partial charge in [-0.2, -0.15) is 16.9 Å². The van der Waals surface area contributed by atoms with Crippen LogP contribution in [0.25, 0.3) is 10.9 Å². The lowest BCUT2D eigenvalue weighted by atomic mass is 10.1. The second-order valence-electron chi connectivity index (χ2n) is 5.84. The Kier molecular flexibility index (Phi) is 3.93. The molecule has 1 saturated carbocycles. The van der Waals surface area contributed by atoms with Gasteiger partial charge in [-0.25, -0.2) is 0 Å². The molecule has 0 amide bonds. The number of hydrogen-bond donors (Lipinski definition) is 1. The van der Waals surface area contributed by atoms with E-state index in [9.17, 15) is 4.79 Å². The average Bonchev–Trinajstić information content (AvgIpc) is 3.12. The fraction of sp³-hybridized carbons (Fsp3) is 0.500. The van der Waals surface area contributed by atoms with Crippen molar-refractivity contribution in [3.05, 3.63) is 30.0 Å². The van der Waals surface area contributed by atoms with Crippen LogP contribution in [-0.4, -0.2) is 26.6 Å². The van der Waals surface area contributed by atoms with Crippen LogP contribution in [0.2, 0.25) is 0 Å². The van der Waals surface area contributed by atoms with Crippen LogP contribution >= 0.6 is 11.8 Å². The van der Waals surface area contributed by atoms with E-state index in [1.807, 2.05) is 28.6 Å². The zero-order valence-electron chi connectivity index (χ0n) is 12.2. The third-order valence-electron chi connectivity index (χ3n) is 4.16. The summed E-state index contributed by atoms with van der Waals surface area (Å²) >= 11 is 1.82. The number of carboxylic acids is 1. The molecule has 3 rings (SSSR count). The molecule has 1 N–H and O–H groups in total. The highest BCUT2D eigenvalue weighted by Crippen LogP contribution is 2.51. The highest BCUT2D eigenvalue weighted by Gasteiger charge is 2.44. The van der Waals surface area contributed by atoms with Gasteiger partial charge >= 0.3 is 5.97 Å². The number of rotatable bonds is 7. The Morgan fingerprint density at radius 2 is 2.19 bits per heavy atom. The minimum atomic E-state index is -0.672. The Morgan fingerprint density at radius 1 is 1.43 bits per heavy atom. The summed E-state index contributed by atoms with van der Waals surface area (Å²) in [5, 5.41) is 14.9. The fourth-order valence-corrected chi connectivity index (χ4v) is 4.11. The molecule has 5 heteroatoms. The van der Waals surface area contributed by atoms with Gasteiger partial charge < -0.3 is 5.11 Å². The first-order chi connectivity index (χ1) is 10.1. The van der Waals surface area contributed by atoms with Crippen LogP contribution in [0.5, 0.6) is 0 Å². The van der Waals surface area contributed by atoms with E-state index in [1.165, 1.54) is 10.9 Å². The summed E-state index contributed by atoms with van der Waals surface area (Å²) in [6.45, 7) is 2.97. The lowest BCUT2D eigenvalue weighted by molar-refractivity contribution is -0.138. The van der Waals surface area contributed by atoms with Crippen molar-refractivity contribution < 1.29 is 9.90 Å². The fourth-order valence-electron chi connectivity index (χ4n) is 2.78. The predicted octanol–water partition coefficient (Wildman–Crippen LogP) is 3.54. The quantitative estimate of drug-likeness (QED) is 0.850. The zero-order chi connectivity index (χ0) is 14.9. The van der Waals surface area contributed by atoms with E-state index in [4.69, 9.17) is 5.11 Å². The minimum absolute atomic E-state index is 0.0552. The molecule has 2 aromatic rings. The molecule has 1 aromatic carbocycles. The van der Waals surface area contributed by atoms with E-state index in [1.54, 1.807) is 0 Å². The van der Waals surface area contributed by atoms with E-state index in [-0.39, 0.29) is 5.41 Å². The average molecular weight is 304 g/mol. The van der Waals surface area contributed by atoms with Crippen LogP contribution < -0.4 is 0 Å². The summed E-state index contributed by atoms with van der Waals surface area (Å²) in [4.78, 5) is 10.9. The van der Waals surface area contributed by atoms with Crippen LogP contribution in [0.3, 0.4) is 0 Å². The first-order valence-corrected chi connectivity index (χ1v) is 8.53. The number of aromatic nitrogens is 2. The summed E-state index contributed by atoms with van der Waals surface area (Å²) in [5.74, 6) is 1.11. The first-order valence-electron chi connectivity index (χ1n) is 7.37. The maximum Gasteiger partial charge on any atom is 0.303 e. The van der Waals surface area contributed by atoms with Crippen molar-refractivity contribution in [1.29, 1.82) is 0 Å². The molecule has 0 aliphatic heterocycles. The second kappa shape index (κ2) is 5.72. The van der Waals surface area contributed by atoms with Gasteiger partial charge in [0.1, 0.15) is 0 Å². The van der Waals surface area contributed by atoms with Gasteiger partial charge in [0.05, 0.1) is 17.6 Å². The summed E-state index contributed by atoms with van der Waals surface area (Å²) in [6, 6.07) is 8.31. The van der Waals surface area contributed by atoms with Crippen molar-refractivity contribution in [3.63, 3.8) is 0 Å². The molecule has 4 nitrogen and oxygen atoms in total. The molecule has 0 saturated heterocycles. The highest BCUT2D eigenvalue weighted by atomic mass is 32.2. The Labute approximate surface area is 128 Å². The van der Waals surface area contributed by atoms with Crippen molar-refractivity contribution in [2.24, 2.45) is 5.41 Å². The van der Waals surface area contributed by atoms with E-state index in [2.05, 4.69) is 24.2 Å². The van der Waals surface area contributed by atoms with Gasteiger partial charge in [-0.05, 0) is 37.0 Å². The van der Waals surface area contributed by atoms with Crippen molar-refractivity contribution in [3.8, 4) is 0 Å². The molecule has 0 bridgehead atoms. The second-order valence-corrected chi connectivity index (χ2v) is 6.83. The van der Waals surface area contributed by atoms with Crippen LogP contribution in [0, 0.1) is 5.41 Å². The van der Waals surface area contributed by atoms with Gasteiger partial charge in [-0.3, -0.25) is 9.48 Å². The number of carbonyl (C=O) groups is 1. The summed E-state index contributed by atoms with van der Waals surface area (Å²) in [7, 11) is 0. The molecule has 0 spiro atoms. The topological polar surface area (TPSA) is 55.1 Å². The number of carboxylic acid groups (broad SMARTS) is 1. The number of benzene rings is 1. The van der Waals surface area contributed by atoms with Gasteiger partial charge in [-0.1, -0.05) is 18.2 Å². The molecule has 1 aromatic heterocycles. The number of thioether (sulfide) groups is 1. The molecule has 1 heterocycles. The smallest absolute Gasteiger partial charge is 0.303 e. The monoisotopic (exact) mass is 304 g/mol. The van der Waals surface area contributed by atoms with E-state index in [0.29, 0.717) is 6.42 Å². The lowest BCUT2D eigenvalue weighted by Gasteiger charge is -2.10. The van der Waals surface area contributed by atoms with Crippen LogP contribution in [-0.2, 0) is 17.1 Å². The molecule has 0 unspecified atom stereocenters. The molecule has 112 valence electrons. The van der Waals surface area contributed by atoms with Crippen molar-refractivity contribution in [2.45, 2.75) is 38.5 Å². The van der Waals surface area contributed by atoms with Gasteiger partial charge in [0.25, 0.3) is 0 Å². The van der Waals surface area contributed by atoms with E-state index < -0.39 is 5.97 Å².